The highest BCUT2D eigenvalue weighted by atomic mass is 19.1. The number of halogens is 2. The number of carbonyl (C=O) groups is 2. The van der Waals surface area contributed by atoms with E-state index >= 15 is 0 Å². The van der Waals surface area contributed by atoms with Gasteiger partial charge in [0.25, 0.3) is 0 Å². The normalized spacial score (nSPS) is 17.7. The van der Waals surface area contributed by atoms with Crippen LogP contribution >= 0.6 is 0 Å². The zero-order valence-electron chi connectivity index (χ0n) is 19.1. The molecule has 0 aromatic heterocycles. The fourth-order valence-corrected chi connectivity index (χ4v) is 4.20. The Kier molecular flexibility index (Phi) is 8.34. The Bertz CT molecular complexity index is 1020. The first-order valence-electron chi connectivity index (χ1n) is 11.1. The van der Waals surface area contributed by atoms with Gasteiger partial charge in [0, 0.05) is 39.1 Å². The van der Waals surface area contributed by atoms with E-state index in [1.165, 1.54) is 12.5 Å². The third-order valence-corrected chi connectivity index (χ3v) is 6.34. The maximum absolute atomic E-state index is 13.8. The summed E-state index contributed by atoms with van der Waals surface area (Å²) in [6.45, 7) is 6.16. The average molecular weight is 458 g/mol. The van der Waals surface area contributed by atoms with E-state index < -0.39 is 12.5 Å². The molecule has 1 aromatic rings. The molecule has 6 nitrogen and oxygen atoms in total. The molecule has 3 rings (SSSR count). The van der Waals surface area contributed by atoms with Crippen molar-refractivity contribution in [3.8, 4) is 6.07 Å². The van der Waals surface area contributed by atoms with Gasteiger partial charge in [-0.15, -0.1) is 0 Å². The zero-order chi connectivity index (χ0) is 24.0. The third kappa shape index (κ3) is 6.05. The molecule has 1 amide bonds. The minimum absolute atomic E-state index is 0.0290. The highest BCUT2D eigenvalue weighted by Gasteiger charge is 2.24. The summed E-state index contributed by atoms with van der Waals surface area (Å²) in [4.78, 5) is 28.4. The zero-order valence-corrected chi connectivity index (χ0v) is 19.1. The van der Waals surface area contributed by atoms with Crippen LogP contribution in [0.2, 0.25) is 0 Å². The Morgan fingerprint density at radius 2 is 2.00 bits per heavy atom. The number of hydrogen-bond donors (Lipinski definition) is 0. The summed E-state index contributed by atoms with van der Waals surface area (Å²) >= 11 is 0. The lowest BCUT2D eigenvalue weighted by molar-refractivity contribution is -0.132. The minimum Gasteiger partial charge on any atom is -0.462 e. The Morgan fingerprint density at radius 3 is 2.67 bits per heavy atom. The molecular formula is C25H29F2N3O3. The number of carbonyl (C=O) groups excluding carboxylic acids is 2. The number of benzene rings is 1. The SMILES string of the molecule is C/C(C#N)=C(F)\C=C(/CF)CC(=O)N1CCN(CCc2ccc3c(c2C)CCOC3=O)CC1. The van der Waals surface area contributed by atoms with Gasteiger partial charge < -0.3 is 9.64 Å². The molecule has 0 N–H and O–H groups in total. The van der Waals surface area contributed by atoms with Gasteiger partial charge in [-0.25, -0.2) is 13.6 Å². The maximum Gasteiger partial charge on any atom is 0.338 e. The molecule has 1 saturated heterocycles. The second kappa shape index (κ2) is 11.2. The van der Waals surface area contributed by atoms with Crippen LogP contribution < -0.4 is 0 Å². The number of cyclic esters (lactones) is 1. The van der Waals surface area contributed by atoms with E-state index in [0.29, 0.717) is 38.3 Å². The molecule has 33 heavy (non-hydrogen) atoms. The molecule has 1 fully saturated rings. The number of piperazine rings is 1. The van der Waals surface area contributed by atoms with Gasteiger partial charge in [0.2, 0.25) is 5.91 Å². The number of nitriles is 1. The first-order chi connectivity index (χ1) is 15.8. The van der Waals surface area contributed by atoms with Crippen molar-refractivity contribution >= 4 is 11.9 Å². The van der Waals surface area contributed by atoms with Crippen molar-refractivity contribution in [3.63, 3.8) is 0 Å². The molecule has 0 atom stereocenters. The van der Waals surface area contributed by atoms with E-state index in [2.05, 4.69) is 11.8 Å². The first kappa shape index (κ1) is 24.6. The van der Waals surface area contributed by atoms with E-state index in [0.717, 1.165) is 36.6 Å². The van der Waals surface area contributed by atoms with E-state index in [9.17, 15) is 18.4 Å². The predicted molar refractivity (Wildman–Crippen MR) is 120 cm³/mol. The molecule has 2 aliphatic rings. The largest absolute Gasteiger partial charge is 0.462 e. The van der Waals surface area contributed by atoms with Gasteiger partial charge in [0.05, 0.1) is 30.2 Å². The number of allylic oxidation sites excluding steroid dienone is 3. The molecule has 0 aliphatic carbocycles. The minimum atomic E-state index is -0.935. The van der Waals surface area contributed by atoms with Crippen LogP contribution in [0.15, 0.2) is 35.2 Å². The Balaban J connectivity index is 1.51. The van der Waals surface area contributed by atoms with Gasteiger partial charge in [0.15, 0.2) is 0 Å². The number of esters is 1. The number of fused-ring (bicyclic) bond motifs is 1. The van der Waals surface area contributed by atoms with Crippen LogP contribution in [0.3, 0.4) is 0 Å². The predicted octanol–water partition coefficient (Wildman–Crippen LogP) is 3.45. The highest BCUT2D eigenvalue weighted by Crippen LogP contribution is 2.24. The fraction of sp³-hybridized carbons (Fsp3) is 0.480. The van der Waals surface area contributed by atoms with Crippen molar-refractivity contribution < 1.29 is 23.1 Å². The number of ether oxygens (including phenoxy) is 1. The van der Waals surface area contributed by atoms with Crippen molar-refractivity contribution in [2.75, 3.05) is 46.0 Å². The Morgan fingerprint density at radius 1 is 1.27 bits per heavy atom. The average Bonchev–Trinajstić information content (AvgIpc) is 2.83. The number of hydrogen-bond acceptors (Lipinski definition) is 5. The topological polar surface area (TPSA) is 73.6 Å². The molecule has 2 heterocycles. The second-order valence-corrected chi connectivity index (χ2v) is 8.43. The number of amides is 1. The third-order valence-electron chi connectivity index (χ3n) is 6.34. The molecule has 1 aromatic carbocycles. The van der Waals surface area contributed by atoms with Gasteiger partial charge in [-0.1, -0.05) is 6.07 Å². The van der Waals surface area contributed by atoms with Gasteiger partial charge in [-0.2, -0.15) is 5.26 Å². The van der Waals surface area contributed by atoms with Crippen LogP contribution in [0.25, 0.3) is 0 Å². The molecule has 2 aliphatic heterocycles. The molecule has 176 valence electrons. The van der Waals surface area contributed by atoms with E-state index in [4.69, 9.17) is 10.00 Å². The van der Waals surface area contributed by atoms with Crippen LogP contribution in [0.5, 0.6) is 0 Å². The van der Waals surface area contributed by atoms with E-state index in [1.807, 2.05) is 12.1 Å². The summed E-state index contributed by atoms with van der Waals surface area (Å²) in [6.07, 6.45) is 2.35. The number of nitrogens with zero attached hydrogens (tertiary/aromatic N) is 3. The highest BCUT2D eigenvalue weighted by molar-refractivity contribution is 5.92. The molecular weight excluding hydrogens is 428 g/mol. The van der Waals surface area contributed by atoms with Gasteiger partial charge >= 0.3 is 5.97 Å². The van der Waals surface area contributed by atoms with E-state index in [1.54, 1.807) is 11.0 Å². The summed E-state index contributed by atoms with van der Waals surface area (Å²) < 4.78 is 32.2. The summed E-state index contributed by atoms with van der Waals surface area (Å²) in [5, 5.41) is 8.73. The van der Waals surface area contributed by atoms with Gasteiger partial charge in [0.1, 0.15) is 12.5 Å². The van der Waals surface area contributed by atoms with Crippen LogP contribution in [0.4, 0.5) is 8.78 Å². The number of rotatable bonds is 7. The lowest BCUT2D eigenvalue weighted by atomic mass is 9.92. The van der Waals surface area contributed by atoms with Crippen LogP contribution in [0.1, 0.15) is 40.4 Å². The van der Waals surface area contributed by atoms with Crippen LogP contribution in [-0.2, 0) is 22.4 Å². The van der Waals surface area contributed by atoms with Crippen molar-refractivity contribution in [1.29, 1.82) is 5.26 Å². The fourth-order valence-electron chi connectivity index (χ4n) is 4.20. The summed E-state index contributed by atoms with van der Waals surface area (Å²) in [5.74, 6) is -1.30. The number of alkyl halides is 1. The molecule has 0 unspecified atom stereocenters. The lowest BCUT2D eigenvalue weighted by Crippen LogP contribution is -2.49. The standard InChI is InChI=1S/C25H29F2N3O3/c1-17(16-28)23(27)13-19(15-26)14-24(31)30-10-8-29(9-11-30)7-5-20-3-4-22-21(18(20)2)6-12-33-25(22)32/h3-4,13H,5-12,14-15H2,1-2H3/b19-13-,23-17-. The maximum atomic E-state index is 13.8. The molecule has 0 spiro atoms. The van der Waals surface area contributed by atoms with Gasteiger partial charge in [-0.3, -0.25) is 9.69 Å². The lowest BCUT2D eigenvalue weighted by Gasteiger charge is -2.35. The van der Waals surface area contributed by atoms with Crippen molar-refractivity contribution in [2.45, 2.75) is 33.1 Å². The Hall–Kier alpha value is -3.05. The Labute approximate surface area is 193 Å². The summed E-state index contributed by atoms with van der Waals surface area (Å²) in [6, 6.07) is 5.52. The van der Waals surface area contributed by atoms with Crippen LogP contribution in [-0.4, -0.2) is 67.7 Å². The molecule has 8 heteroatoms. The molecule has 0 bridgehead atoms. The second-order valence-electron chi connectivity index (χ2n) is 8.43. The first-order valence-corrected chi connectivity index (χ1v) is 11.1. The summed E-state index contributed by atoms with van der Waals surface area (Å²) in [7, 11) is 0. The molecule has 0 saturated carbocycles. The van der Waals surface area contributed by atoms with E-state index in [-0.39, 0.29) is 29.4 Å². The van der Waals surface area contributed by atoms with Crippen LogP contribution in [0, 0.1) is 18.3 Å². The summed E-state index contributed by atoms with van der Waals surface area (Å²) in [5.41, 5.74) is 3.98. The smallest absolute Gasteiger partial charge is 0.338 e. The monoisotopic (exact) mass is 457 g/mol. The van der Waals surface area contributed by atoms with Gasteiger partial charge in [-0.05, 0) is 54.7 Å². The molecule has 0 radical (unpaired) electrons. The van der Waals surface area contributed by atoms with Crippen molar-refractivity contribution in [3.05, 3.63) is 57.4 Å². The quantitative estimate of drug-likeness (QED) is 0.356. The van der Waals surface area contributed by atoms with Crippen molar-refractivity contribution in [2.24, 2.45) is 0 Å². The van der Waals surface area contributed by atoms with Crippen molar-refractivity contribution in [1.82, 2.24) is 9.80 Å².